The second kappa shape index (κ2) is 9.51. The van der Waals surface area contributed by atoms with E-state index in [1.54, 1.807) is 0 Å². The summed E-state index contributed by atoms with van der Waals surface area (Å²) in [5.74, 6) is 2.54. The van der Waals surface area contributed by atoms with Gasteiger partial charge in [0.2, 0.25) is 0 Å². The molecule has 5 nitrogen and oxygen atoms in total. The Labute approximate surface area is 220 Å². The highest BCUT2D eigenvalue weighted by Gasteiger charge is 2.30. The van der Waals surface area contributed by atoms with Gasteiger partial charge in [0.25, 0.3) is 0 Å². The Balaban J connectivity index is 1.48. The Morgan fingerprint density at radius 3 is 2.68 bits per heavy atom. The molecule has 37 heavy (non-hydrogen) atoms. The number of hydrogen-bond donors (Lipinski definition) is 1. The van der Waals surface area contributed by atoms with Crippen molar-refractivity contribution in [3.05, 3.63) is 70.5 Å². The largest absolute Gasteiger partial charge is 0.366 e. The number of benzene rings is 2. The van der Waals surface area contributed by atoms with Crippen molar-refractivity contribution >= 4 is 22.4 Å². The minimum Gasteiger partial charge on any atom is -0.366 e. The summed E-state index contributed by atoms with van der Waals surface area (Å²) < 4.78 is 0. The van der Waals surface area contributed by atoms with Crippen molar-refractivity contribution in [1.82, 2.24) is 15.0 Å². The summed E-state index contributed by atoms with van der Waals surface area (Å²) in [6, 6.07) is 13.9. The molecule has 0 spiro atoms. The molecule has 2 aromatic carbocycles. The van der Waals surface area contributed by atoms with Crippen LogP contribution in [0, 0.1) is 13.8 Å². The maximum absolute atomic E-state index is 5.37. The van der Waals surface area contributed by atoms with Gasteiger partial charge in [-0.05, 0) is 74.8 Å². The van der Waals surface area contributed by atoms with E-state index < -0.39 is 0 Å². The summed E-state index contributed by atoms with van der Waals surface area (Å²) in [5, 5.41) is 1.23. The molecule has 6 rings (SSSR count). The molecule has 2 aliphatic heterocycles. The molecule has 192 valence electrons. The highest BCUT2D eigenvalue weighted by atomic mass is 15.2. The van der Waals surface area contributed by atoms with Gasteiger partial charge in [0, 0.05) is 66.0 Å². The Hall–Kier alpha value is -3.34. The molecule has 0 bridgehead atoms. The lowest BCUT2D eigenvalue weighted by molar-refractivity contribution is 0.478. The summed E-state index contributed by atoms with van der Waals surface area (Å²) in [6.45, 7) is 14.2. The lowest BCUT2D eigenvalue weighted by Gasteiger charge is -2.39. The minimum atomic E-state index is 0.492. The van der Waals surface area contributed by atoms with E-state index in [4.69, 9.17) is 9.97 Å². The number of nitrogens with zero attached hydrogens (tertiary/aromatic N) is 4. The normalized spacial score (nSPS) is 18.1. The van der Waals surface area contributed by atoms with Crippen LogP contribution in [0.4, 0.5) is 11.5 Å². The number of aryl methyl sites for hydroxylation is 2. The number of nitrogens with one attached hydrogen (secondary N) is 1. The molecule has 1 unspecified atom stereocenters. The molecule has 1 saturated heterocycles. The molecule has 0 aliphatic carbocycles. The quantitative estimate of drug-likeness (QED) is 0.324. The summed E-state index contributed by atoms with van der Waals surface area (Å²) in [5.41, 5.74) is 10.2. The SMILES string of the molecule is Cc1ccc(C(C)C)cc1N1CCc2nc(-c3cccc4[nH]cc(C)c34)nc(N3CCCCC3C)c2C1. The molecule has 0 radical (unpaired) electrons. The number of aromatic nitrogens is 3. The van der Waals surface area contributed by atoms with Gasteiger partial charge in [0.1, 0.15) is 5.82 Å². The van der Waals surface area contributed by atoms with E-state index in [1.165, 1.54) is 58.3 Å². The predicted octanol–water partition coefficient (Wildman–Crippen LogP) is 7.31. The smallest absolute Gasteiger partial charge is 0.162 e. The first-order chi connectivity index (χ1) is 17.9. The molecule has 0 amide bonds. The minimum absolute atomic E-state index is 0.492. The standard InChI is InChI=1S/C32H39N5/c1-20(2)24-13-12-21(3)29(17-24)36-16-14-27-26(19-36)32(37-15-7-6-9-23(37)5)35-31(34-27)25-10-8-11-28-30(25)22(4)18-33-28/h8,10-13,17-18,20,23,33H,6-7,9,14-16,19H2,1-5H3. The third-order valence-electron chi connectivity index (χ3n) is 8.50. The highest BCUT2D eigenvalue weighted by molar-refractivity contribution is 5.96. The second-order valence-corrected chi connectivity index (χ2v) is 11.4. The lowest BCUT2D eigenvalue weighted by atomic mass is 9.97. The van der Waals surface area contributed by atoms with Gasteiger partial charge in [-0.15, -0.1) is 0 Å². The maximum Gasteiger partial charge on any atom is 0.162 e. The zero-order chi connectivity index (χ0) is 25.7. The monoisotopic (exact) mass is 493 g/mol. The van der Waals surface area contributed by atoms with Gasteiger partial charge in [0.15, 0.2) is 5.82 Å². The van der Waals surface area contributed by atoms with E-state index in [2.05, 4.69) is 92.0 Å². The van der Waals surface area contributed by atoms with Crippen LogP contribution >= 0.6 is 0 Å². The van der Waals surface area contributed by atoms with Crippen LogP contribution in [0.5, 0.6) is 0 Å². The number of aromatic amines is 1. The topological polar surface area (TPSA) is 48.1 Å². The Morgan fingerprint density at radius 1 is 1.00 bits per heavy atom. The zero-order valence-electron chi connectivity index (χ0n) is 22.9. The van der Waals surface area contributed by atoms with Crippen molar-refractivity contribution in [3.8, 4) is 11.4 Å². The first kappa shape index (κ1) is 24.0. The van der Waals surface area contributed by atoms with Gasteiger partial charge < -0.3 is 14.8 Å². The van der Waals surface area contributed by atoms with Gasteiger partial charge >= 0.3 is 0 Å². The fourth-order valence-corrected chi connectivity index (χ4v) is 6.24. The number of hydrogen-bond acceptors (Lipinski definition) is 4. The van der Waals surface area contributed by atoms with Crippen molar-refractivity contribution < 1.29 is 0 Å². The molecule has 1 fully saturated rings. The lowest BCUT2D eigenvalue weighted by Crippen LogP contribution is -2.41. The summed E-state index contributed by atoms with van der Waals surface area (Å²) in [6.07, 6.45) is 6.77. The van der Waals surface area contributed by atoms with Gasteiger partial charge in [-0.3, -0.25) is 0 Å². The van der Waals surface area contributed by atoms with Crippen molar-refractivity contribution in [1.29, 1.82) is 0 Å². The fraction of sp³-hybridized carbons (Fsp3) is 0.438. The van der Waals surface area contributed by atoms with Crippen molar-refractivity contribution in [2.75, 3.05) is 22.9 Å². The molecule has 1 atom stereocenters. The maximum atomic E-state index is 5.37. The molecule has 4 aromatic rings. The third kappa shape index (κ3) is 4.28. The van der Waals surface area contributed by atoms with E-state index in [9.17, 15) is 0 Å². The van der Waals surface area contributed by atoms with Crippen LogP contribution in [0.25, 0.3) is 22.3 Å². The first-order valence-corrected chi connectivity index (χ1v) is 14.0. The van der Waals surface area contributed by atoms with E-state index in [0.29, 0.717) is 12.0 Å². The third-order valence-corrected chi connectivity index (χ3v) is 8.50. The van der Waals surface area contributed by atoms with Crippen LogP contribution in [0.2, 0.25) is 0 Å². The van der Waals surface area contributed by atoms with Gasteiger partial charge in [-0.1, -0.05) is 38.1 Å². The Morgan fingerprint density at radius 2 is 1.86 bits per heavy atom. The van der Waals surface area contributed by atoms with Crippen LogP contribution in [0.1, 0.15) is 73.9 Å². The van der Waals surface area contributed by atoms with Gasteiger partial charge in [0.05, 0.1) is 5.69 Å². The average Bonchev–Trinajstić information content (AvgIpc) is 3.29. The van der Waals surface area contributed by atoms with Crippen molar-refractivity contribution in [3.63, 3.8) is 0 Å². The molecular weight excluding hydrogens is 454 g/mol. The molecule has 2 aliphatic rings. The molecular formula is C32H39N5. The summed E-state index contributed by atoms with van der Waals surface area (Å²) in [4.78, 5) is 19.2. The van der Waals surface area contributed by atoms with Gasteiger partial charge in [-0.25, -0.2) is 9.97 Å². The number of piperidine rings is 1. The first-order valence-electron chi connectivity index (χ1n) is 14.0. The van der Waals surface area contributed by atoms with Crippen LogP contribution in [0.3, 0.4) is 0 Å². The molecule has 0 saturated carbocycles. The van der Waals surface area contributed by atoms with Crippen molar-refractivity contribution in [2.45, 2.75) is 78.8 Å². The second-order valence-electron chi connectivity index (χ2n) is 11.4. The van der Waals surface area contributed by atoms with Crippen LogP contribution in [-0.4, -0.2) is 34.1 Å². The number of anilines is 2. The Kier molecular flexibility index (Phi) is 6.18. The summed E-state index contributed by atoms with van der Waals surface area (Å²) >= 11 is 0. The van der Waals surface area contributed by atoms with Crippen LogP contribution in [0.15, 0.2) is 42.6 Å². The predicted molar refractivity (Wildman–Crippen MR) is 155 cm³/mol. The number of H-pyrrole nitrogens is 1. The van der Waals surface area contributed by atoms with Crippen LogP contribution < -0.4 is 9.80 Å². The van der Waals surface area contributed by atoms with E-state index in [-0.39, 0.29) is 0 Å². The number of rotatable bonds is 4. The van der Waals surface area contributed by atoms with E-state index in [1.807, 2.05) is 0 Å². The van der Waals surface area contributed by atoms with Gasteiger partial charge in [-0.2, -0.15) is 0 Å². The molecule has 4 heterocycles. The van der Waals surface area contributed by atoms with E-state index in [0.717, 1.165) is 48.8 Å². The average molecular weight is 494 g/mol. The molecule has 2 aromatic heterocycles. The number of fused-ring (bicyclic) bond motifs is 2. The highest BCUT2D eigenvalue weighted by Crippen LogP contribution is 2.37. The molecule has 1 N–H and O–H groups in total. The zero-order valence-corrected chi connectivity index (χ0v) is 22.9. The van der Waals surface area contributed by atoms with Crippen LogP contribution in [-0.2, 0) is 13.0 Å². The Bertz CT molecular complexity index is 1450. The van der Waals surface area contributed by atoms with Crippen molar-refractivity contribution in [2.24, 2.45) is 0 Å². The summed E-state index contributed by atoms with van der Waals surface area (Å²) in [7, 11) is 0. The fourth-order valence-electron chi connectivity index (χ4n) is 6.24. The molecule has 5 heteroatoms. The van der Waals surface area contributed by atoms with E-state index >= 15 is 0 Å².